The van der Waals surface area contributed by atoms with Gasteiger partial charge in [0.2, 0.25) is 0 Å². The van der Waals surface area contributed by atoms with E-state index in [1.54, 1.807) is 0 Å². The fourth-order valence-corrected chi connectivity index (χ4v) is 1.36. The van der Waals surface area contributed by atoms with Crippen LogP contribution in [0.4, 0.5) is 0 Å². The maximum Gasteiger partial charge on any atom is 0.123 e. The normalized spacial score (nSPS) is 10.5. The van der Waals surface area contributed by atoms with Crippen molar-refractivity contribution in [1.82, 2.24) is 0 Å². The van der Waals surface area contributed by atoms with Crippen LogP contribution in [0.3, 0.4) is 0 Å². The largest absolute Gasteiger partial charge is 0.489 e. The first-order valence-corrected chi connectivity index (χ1v) is 5.44. The average Bonchev–Trinajstić information content (AvgIpc) is 2.27. The molecule has 1 aromatic rings. The second-order valence-electron chi connectivity index (χ2n) is 3.04. The lowest BCUT2D eigenvalue weighted by Gasteiger charge is -2.07. The first kappa shape index (κ1) is 11.9. The SMILES string of the molecule is C=CCc1ccccc1OCC=CCCl. The molecule has 0 amide bonds. The van der Waals surface area contributed by atoms with E-state index in [2.05, 4.69) is 6.58 Å². The molecule has 0 radical (unpaired) electrons. The van der Waals surface area contributed by atoms with Crippen molar-refractivity contribution in [2.24, 2.45) is 0 Å². The Bertz CT molecular complexity index is 331. The minimum Gasteiger partial charge on any atom is -0.489 e. The van der Waals surface area contributed by atoms with Crippen LogP contribution in [-0.2, 0) is 6.42 Å². The topological polar surface area (TPSA) is 9.23 Å². The van der Waals surface area contributed by atoms with E-state index >= 15 is 0 Å². The molecule has 1 rings (SSSR count). The van der Waals surface area contributed by atoms with Crippen molar-refractivity contribution in [3.63, 3.8) is 0 Å². The van der Waals surface area contributed by atoms with Crippen LogP contribution in [0.15, 0.2) is 49.1 Å². The summed E-state index contributed by atoms with van der Waals surface area (Å²) in [5.74, 6) is 1.44. The first-order valence-electron chi connectivity index (χ1n) is 4.91. The molecule has 0 fully saturated rings. The monoisotopic (exact) mass is 222 g/mol. The molecule has 0 heterocycles. The number of ether oxygens (including phenoxy) is 1. The molecule has 0 N–H and O–H groups in total. The third kappa shape index (κ3) is 4.22. The van der Waals surface area contributed by atoms with Crippen LogP contribution in [0, 0.1) is 0 Å². The van der Waals surface area contributed by atoms with E-state index in [0.29, 0.717) is 12.5 Å². The van der Waals surface area contributed by atoms with Gasteiger partial charge >= 0.3 is 0 Å². The number of hydrogen-bond donors (Lipinski definition) is 0. The van der Waals surface area contributed by atoms with Gasteiger partial charge in [-0.3, -0.25) is 0 Å². The molecule has 0 saturated heterocycles. The molecule has 0 aliphatic carbocycles. The Balaban J connectivity index is 2.58. The van der Waals surface area contributed by atoms with Crippen LogP contribution in [0.2, 0.25) is 0 Å². The van der Waals surface area contributed by atoms with Crippen molar-refractivity contribution in [2.45, 2.75) is 6.42 Å². The highest BCUT2D eigenvalue weighted by Crippen LogP contribution is 2.18. The number of hydrogen-bond acceptors (Lipinski definition) is 1. The number of rotatable bonds is 6. The molecule has 0 aliphatic heterocycles. The third-order valence-corrected chi connectivity index (χ3v) is 2.11. The number of benzene rings is 1. The van der Waals surface area contributed by atoms with Crippen molar-refractivity contribution in [3.8, 4) is 5.75 Å². The lowest BCUT2D eigenvalue weighted by molar-refractivity contribution is 0.359. The standard InChI is InChI=1S/C13H15ClO/c1-2-7-12-8-3-4-9-13(12)15-11-6-5-10-14/h2-6,8-9H,1,7,10-11H2. The molecule has 0 atom stereocenters. The van der Waals surface area contributed by atoms with Gasteiger partial charge in [-0.05, 0) is 18.1 Å². The first-order chi connectivity index (χ1) is 7.38. The zero-order valence-electron chi connectivity index (χ0n) is 8.66. The van der Waals surface area contributed by atoms with Gasteiger partial charge in [-0.15, -0.1) is 18.2 Å². The van der Waals surface area contributed by atoms with Crippen LogP contribution >= 0.6 is 11.6 Å². The van der Waals surface area contributed by atoms with E-state index in [0.717, 1.165) is 17.7 Å². The molecule has 0 bridgehead atoms. The fraction of sp³-hybridized carbons (Fsp3) is 0.231. The van der Waals surface area contributed by atoms with Crippen molar-refractivity contribution in [1.29, 1.82) is 0 Å². The van der Waals surface area contributed by atoms with E-state index in [4.69, 9.17) is 16.3 Å². The van der Waals surface area contributed by atoms with Crippen molar-refractivity contribution in [2.75, 3.05) is 12.5 Å². The highest BCUT2D eigenvalue weighted by Gasteiger charge is 1.98. The molecular formula is C13H15ClO. The number of halogens is 1. The van der Waals surface area contributed by atoms with Gasteiger partial charge in [0.1, 0.15) is 12.4 Å². The predicted octanol–water partition coefficient (Wildman–Crippen LogP) is 3.59. The molecule has 80 valence electrons. The molecule has 0 aromatic heterocycles. The van der Waals surface area contributed by atoms with Gasteiger partial charge in [-0.25, -0.2) is 0 Å². The molecule has 0 spiro atoms. The summed E-state index contributed by atoms with van der Waals surface area (Å²) < 4.78 is 5.60. The Labute approximate surface area is 96.0 Å². The van der Waals surface area contributed by atoms with Crippen LogP contribution in [-0.4, -0.2) is 12.5 Å². The molecule has 1 nitrogen and oxygen atoms in total. The minimum absolute atomic E-state index is 0.525. The third-order valence-electron chi connectivity index (χ3n) is 1.93. The van der Waals surface area contributed by atoms with Crippen LogP contribution in [0.1, 0.15) is 5.56 Å². The molecule has 0 aliphatic rings. The summed E-state index contributed by atoms with van der Waals surface area (Å²) in [4.78, 5) is 0. The Hall–Kier alpha value is -1.21. The minimum atomic E-state index is 0.525. The van der Waals surface area contributed by atoms with Crippen molar-refractivity contribution >= 4 is 11.6 Å². The fourth-order valence-electron chi connectivity index (χ4n) is 1.24. The highest BCUT2D eigenvalue weighted by molar-refractivity contribution is 6.18. The van der Waals surface area contributed by atoms with E-state index in [1.165, 1.54) is 0 Å². The quantitative estimate of drug-likeness (QED) is 0.528. The summed E-state index contributed by atoms with van der Waals surface area (Å²) in [6, 6.07) is 7.98. The van der Waals surface area contributed by atoms with Gasteiger partial charge in [0.15, 0.2) is 0 Å². The molecule has 0 unspecified atom stereocenters. The van der Waals surface area contributed by atoms with Crippen molar-refractivity contribution < 1.29 is 4.74 Å². The second-order valence-corrected chi connectivity index (χ2v) is 3.35. The summed E-state index contributed by atoms with van der Waals surface area (Å²) in [5.41, 5.74) is 1.16. The molecule has 15 heavy (non-hydrogen) atoms. The van der Waals surface area contributed by atoms with Gasteiger partial charge in [0, 0.05) is 5.88 Å². The predicted molar refractivity (Wildman–Crippen MR) is 65.7 cm³/mol. The van der Waals surface area contributed by atoms with E-state index < -0.39 is 0 Å². The maximum absolute atomic E-state index is 5.60. The number of para-hydroxylation sites is 1. The Kier molecular flexibility index (Phi) is 5.64. The zero-order chi connectivity index (χ0) is 10.9. The van der Waals surface area contributed by atoms with Gasteiger partial charge in [0.25, 0.3) is 0 Å². The average molecular weight is 223 g/mol. The van der Waals surface area contributed by atoms with Gasteiger partial charge in [-0.1, -0.05) is 36.4 Å². The highest BCUT2D eigenvalue weighted by atomic mass is 35.5. The summed E-state index contributed by atoms with van der Waals surface area (Å²) in [7, 11) is 0. The van der Waals surface area contributed by atoms with Crippen LogP contribution < -0.4 is 4.74 Å². The molecular weight excluding hydrogens is 208 g/mol. The van der Waals surface area contributed by atoms with Gasteiger partial charge in [-0.2, -0.15) is 0 Å². The summed E-state index contributed by atoms with van der Waals surface area (Å²) in [6.07, 6.45) is 6.49. The van der Waals surface area contributed by atoms with Gasteiger partial charge in [0.05, 0.1) is 0 Å². The number of allylic oxidation sites excluding steroid dienone is 2. The molecule has 1 aromatic carbocycles. The Morgan fingerprint density at radius 1 is 1.27 bits per heavy atom. The zero-order valence-corrected chi connectivity index (χ0v) is 9.41. The lowest BCUT2D eigenvalue weighted by atomic mass is 10.1. The lowest BCUT2D eigenvalue weighted by Crippen LogP contribution is -1.97. The summed E-state index contributed by atoms with van der Waals surface area (Å²) in [6.45, 7) is 4.28. The Morgan fingerprint density at radius 2 is 2.07 bits per heavy atom. The summed E-state index contributed by atoms with van der Waals surface area (Å²) >= 11 is 5.51. The van der Waals surface area contributed by atoms with E-state index in [9.17, 15) is 0 Å². The van der Waals surface area contributed by atoms with E-state index in [1.807, 2.05) is 42.5 Å². The van der Waals surface area contributed by atoms with Crippen LogP contribution in [0.25, 0.3) is 0 Å². The number of alkyl halides is 1. The molecule has 0 saturated carbocycles. The smallest absolute Gasteiger partial charge is 0.123 e. The van der Waals surface area contributed by atoms with Crippen LogP contribution in [0.5, 0.6) is 5.75 Å². The van der Waals surface area contributed by atoms with Gasteiger partial charge < -0.3 is 4.74 Å². The van der Waals surface area contributed by atoms with Crippen molar-refractivity contribution in [3.05, 3.63) is 54.6 Å². The molecule has 2 heteroatoms. The van der Waals surface area contributed by atoms with E-state index in [-0.39, 0.29) is 0 Å². The second kappa shape index (κ2) is 7.13. The Morgan fingerprint density at radius 3 is 2.80 bits per heavy atom. The summed E-state index contributed by atoms with van der Waals surface area (Å²) in [5, 5.41) is 0. The maximum atomic E-state index is 5.60.